The lowest BCUT2D eigenvalue weighted by atomic mass is 9.42. The lowest BCUT2D eigenvalue weighted by molar-refractivity contribution is -0.0290. The number of hydrogen-bond donors (Lipinski definition) is 1. The van der Waals surface area contributed by atoms with E-state index in [1.165, 1.54) is 37.6 Å². The van der Waals surface area contributed by atoms with E-state index in [1.807, 2.05) is 11.4 Å². The first-order valence-electron chi connectivity index (χ1n) is 5.09. The minimum absolute atomic E-state index is 0.226. The van der Waals surface area contributed by atoms with Gasteiger partial charge >= 0.3 is 0 Å². The van der Waals surface area contributed by atoms with Crippen molar-refractivity contribution in [2.45, 2.75) is 28.9 Å². The quantitative estimate of drug-likeness (QED) is 0.878. The highest BCUT2D eigenvalue weighted by atomic mass is 32.2. The average molecular weight is 243 g/mol. The number of hydrogen-bond acceptors (Lipinski definition) is 3. The zero-order valence-corrected chi connectivity index (χ0v) is 10.1. The highest BCUT2D eigenvalue weighted by Crippen LogP contribution is 2.66. The molecule has 0 unspecified atom stereocenters. The zero-order valence-electron chi connectivity index (χ0n) is 8.49. The van der Waals surface area contributed by atoms with Crippen LogP contribution in [0, 0.1) is 5.92 Å². The van der Waals surface area contributed by atoms with Crippen LogP contribution in [-0.2, 0) is 15.4 Å². The Morgan fingerprint density at radius 3 is 2.60 bits per heavy atom. The molecular weight excluding hydrogens is 230 g/mol. The lowest BCUT2D eigenvalue weighted by Gasteiger charge is -2.62. The second-order valence-electron chi connectivity index (χ2n) is 4.59. The van der Waals surface area contributed by atoms with E-state index in [2.05, 4.69) is 4.72 Å². The molecule has 1 aromatic heterocycles. The summed E-state index contributed by atoms with van der Waals surface area (Å²) in [5.74, 6) is 0.870. The number of nitrogens with one attached hydrogen (secondary N) is 1. The molecule has 0 saturated heterocycles. The molecule has 3 fully saturated rings. The van der Waals surface area contributed by atoms with Crippen LogP contribution in [0.5, 0.6) is 0 Å². The molecule has 0 spiro atoms. The molecule has 1 N–H and O–H groups in total. The van der Waals surface area contributed by atoms with Gasteiger partial charge in [-0.25, -0.2) is 13.1 Å². The van der Waals surface area contributed by atoms with Gasteiger partial charge in [-0.05, 0) is 54.7 Å². The number of sulfonamides is 1. The summed E-state index contributed by atoms with van der Waals surface area (Å²) in [6, 6.07) is 1.99. The van der Waals surface area contributed by atoms with Crippen molar-refractivity contribution in [2.24, 2.45) is 5.92 Å². The van der Waals surface area contributed by atoms with Crippen LogP contribution in [-0.4, -0.2) is 15.5 Å². The van der Waals surface area contributed by atoms with Crippen molar-refractivity contribution in [3.63, 3.8) is 0 Å². The summed E-state index contributed by atoms with van der Waals surface area (Å²) >= 11 is 1.33. The Hall–Kier alpha value is -0.390. The molecule has 3 saturated carbocycles. The third-order valence-corrected chi connectivity index (χ3v) is 6.65. The first-order chi connectivity index (χ1) is 7.07. The zero-order chi connectivity index (χ0) is 10.7. The van der Waals surface area contributed by atoms with Gasteiger partial charge in [-0.15, -0.1) is 11.3 Å². The van der Waals surface area contributed by atoms with Gasteiger partial charge in [0, 0.05) is 0 Å². The summed E-state index contributed by atoms with van der Waals surface area (Å²) in [7, 11) is -1.78. The van der Waals surface area contributed by atoms with Crippen molar-refractivity contribution in [1.82, 2.24) is 4.72 Å². The molecule has 3 aliphatic rings. The van der Waals surface area contributed by atoms with E-state index in [-0.39, 0.29) is 5.41 Å². The molecular formula is C10H13NO2S2. The van der Waals surface area contributed by atoms with Crippen LogP contribution in [0.4, 0.5) is 0 Å². The first-order valence-corrected chi connectivity index (χ1v) is 7.45. The van der Waals surface area contributed by atoms with Crippen LogP contribution in [0.3, 0.4) is 0 Å². The molecule has 0 aliphatic heterocycles. The summed E-state index contributed by atoms with van der Waals surface area (Å²) in [5.41, 5.74) is 1.29. The predicted molar refractivity (Wildman–Crippen MR) is 59.6 cm³/mol. The SMILES string of the molecule is CNS(=O)(=O)c1sccc1C12CC(C1)C2. The molecule has 0 amide bonds. The predicted octanol–water partition coefficient (Wildman–Crippen LogP) is 1.71. The van der Waals surface area contributed by atoms with Gasteiger partial charge in [-0.1, -0.05) is 0 Å². The van der Waals surface area contributed by atoms with E-state index in [0.717, 1.165) is 11.5 Å². The smallest absolute Gasteiger partial charge is 0.214 e. The van der Waals surface area contributed by atoms with Gasteiger partial charge in [0.1, 0.15) is 4.21 Å². The molecule has 1 heterocycles. The topological polar surface area (TPSA) is 46.2 Å². The molecule has 3 nitrogen and oxygen atoms in total. The largest absolute Gasteiger partial charge is 0.250 e. The van der Waals surface area contributed by atoms with Crippen molar-refractivity contribution in [2.75, 3.05) is 7.05 Å². The minimum Gasteiger partial charge on any atom is -0.214 e. The molecule has 0 aromatic carbocycles. The lowest BCUT2D eigenvalue weighted by Crippen LogP contribution is -2.55. The van der Waals surface area contributed by atoms with Gasteiger partial charge in [0.25, 0.3) is 0 Å². The van der Waals surface area contributed by atoms with Gasteiger partial charge in [-0.3, -0.25) is 0 Å². The summed E-state index contributed by atoms with van der Waals surface area (Å²) in [4.78, 5) is 0. The Morgan fingerprint density at radius 1 is 1.47 bits per heavy atom. The van der Waals surface area contributed by atoms with Gasteiger partial charge in [0.2, 0.25) is 10.0 Å². The fourth-order valence-electron chi connectivity index (χ4n) is 2.80. The number of thiophene rings is 1. The third-order valence-electron chi connectivity index (χ3n) is 3.75. The standard InChI is InChI=1S/C10H13NO2S2/c1-11-15(12,13)9-8(2-3-14-9)10-4-7(5-10)6-10/h2-3,7,11H,4-6H2,1H3. The average Bonchev–Trinajstić information content (AvgIpc) is 2.48. The maximum absolute atomic E-state index is 11.8. The fourth-order valence-corrected chi connectivity index (χ4v) is 5.22. The molecule has 15 heavy (non-hydrogen) atoms. The van der Waals surface area contributed by atoms with E-state index in [1.54, 1.807) is 0 Å². The summed E-state index contributed by atoms with van der Waals surface area (Å²) in [5, 5.41) is 1.89. The van der Waals surface area contributed by atoms with Crippen molar-refractivity contribution in [3.05, 3.63) is 17.0 Å². The molecule has 0 atom stereocenters. The van der Waals surface area contributed by atoms with Crippen LogP contribution in [0.2, 0.25) is 0 Å². The van der Waals surface area contributed by atoms with E-state index >= 15 is 0 Å². The van der Waals surface area contributed by atoms with Crippen LogP contribution in [0.25, 0.3) is 0 Å². The summed E-state index contributed by atoms with van der Waals surface area (Å²) in [6.07, 6.45) is 3.57. The van der Waals surface area contributed by atoms with E-state index in [0.29, 0.717) is 4.21 Å². The van der Waals surface area contributed by atoms with Crippen LogP contribution >= 0.6 is 11.3 Å². The van der Waals surface area contributed by atoms with E-state index in [9.17, 15) is 8.42 Å². The molecule has 82 valence electrons. The van der Waals surface area contributed by atoms with Gasteiger partial charge in [-0.2, -0.15) is 0 Å². The number of rotatable bonds is 3. The Morgan fingerprint density at radius 2 is 2.13 bits per heavy atom. The van der Waals surface area contributed by atoms with Gasteiger partial charge in [0.05, 0.1) is 0 Å². The van der Waals surface area contributed by atoms with E-state index in [4.69, 9.17) is 0 Å². The normalized spacial score (nSPS) is 33.3. The molecule has 3 aliphatic carbocycles. The monoisotopic (exact) mass is 243 g/mol. The molecule has 4 rings (SSSR count). The van der Waals surface area contributed by atoms with Gasteiger partial charge in [0.15, 0.2) is 0 Å². The molecule has 0 radical (unpaired) electrons. The Bertz CT molecular complexity index is 486. The Kier molecular flexibility index (Phi) is 1.86. The maximum Gasteiger partial charge on any atom is 0.250 e. The first kappa shape index (κ1) is 9.81. The van der Waals surface area contributed by atoms with Crippen LogP contribution < -0.4 is 4.72 Å². The minimum atomic E-state index is -3.25. The Balaban J connectivity index is 2.07. The van der Waals surface area contributed by atoms with Crippen molar-refractivity contribution < 1.29 is 8.42 Å². The van der Waals surface area contributed by atoms with Crippen molar-refractivity contribution >= 4 is 21.4 Å². The van der Waals surface area contributed by atoms with Crippen molar-refractivity contribution in [1.29, 1.82) is 0 Å². The Labute approximate surface area is 93.6 Å². The summed E-state index contributed by atoms with van der Waals surface area (Å²) < 4.78 is 26.5. The molecule has 5 heteroatoms. The van der Waals surface area contributed by atoms with Gasteiger partial charge < -0.3 is 0 Å². The highest BCUT2D eigenvalue weighted by molar-refractivity contribution is 7.91. The van der Waals surface area contributed by atoms with E-state index < -0.39 is 10.0 Å². The molecule has 2 bridgehead atoms. The van der Waals surface area contributed by atoms with Crippen molar-refractivity contribution in [3.8, 4) is 0 Å². The summed E-state index contributed by atoms with van der Waals surface area (Å²) in [6.45, 7) is 0. The maximum atomic E-state index is 11.8. The second-order valence-corrected chi connectivity index (χ2v) is 7.59. The second kappa shape index (κ2) is 2.84. The van der Waals surface area contributed by atoms with Crippen LogP contribution in [0.15, 0.2) is 15.7 Å². The highest BCUT2D eigenvalue weighted by Gasteiger charge is 2.58. The third kappa shape index (κ3) is 1.17. The van der Waals surface area contributed by atoms with Crippen LogP contribution in [0.1, 0.15) is 24.8 Å². The fraction of sp³-hybridized carbons (Fsp3) is 0.600. The molecule has 1 aromatic rings.